The molecule has 1 aromatic carbocycles. The SMILES string of the molecule is CC(C)c1ccc(C(=O)C2CCCCC2C(=O)O)cc1. The number of carbonyl (C=O) groups excluding carboxylic acids is 1. The van der Waals surface area contributed by atoms with Crippen LogP contribution in [0.1, 0.15) is 61.4 Å². The summed E-state index contributed by atoms with van der Waals surface area (Å²) in [5.41, 5.74) is 1.84. The van der Waals surface area contributed by atoms with E-state index < -0.39 is 11.9 Å². The Morgan fingerprint density at radius 3 is 2.10 bits per heavy atom. The normalized spacial score (nSPS) is 22.8. The number of hydrogen-bond donors (Lipinski definition) is 1. The lowest BCUT2D eigenvalue weighted by Crippen LogP contribution is -2.32. The lowest BCUT2D eigenvalue weighted by molar-refractivity contribution is -0.144. The van der Waals surface area contributed by atoms with Crippen LogP contribution in [0, 0.1) is 11.8 Å². The average molecular weight is 274 g/mol. The zero-order valence-electron chi connectivity index (χ0n) is 12.1. The van der Waals surface area contributed by atoms with Crippen molar-refractivity contribution >= 4 is 11.8 Å². The zero-order valence-corrected chi connectivity index (χ0v) is 12.1. The van der Waals surface area contributed by atoms with E-state index in [4.69, 9.17) is 0 Å². The van der Waals surface area contributed by atoms with Crippen LogP contribution >= 0.6 is 0 Å². The summed E-state index contributed by atoms with van der Waals surface area (Å²) in [6.45, 7) is 4.22. The highest BCUT2D eigenvalue weighted by Crippen LogP contribution is 2.33. The Bertz CT molecular complexity index is 487. The fraction of sp³-hybridized carbons (Fsp3) is 0.529. The number of rotatable bonds is 4. The molecule has 2 rings (SSSR count). The van der Waals surface area contributed by atoms with Crippen molar-refractivity contribution in [2.24, 2.45) is 11.8 Å². The fourth-order valence-electron chi connectivity index (χ4n) is 2.99. The Kier molecular flexibility index (Phi) is 4.58. The van der Waals surface area contributed by atoms with Crippen molar-refractivity contribution in [3.63, 3.8) is 0 Å². The van der Waals surface area contributed by atoms with E-state index in [1.54, 1.807) is 0 Å². The number of carboxylic acid groups (broad SMARTS) is 1. The molecule has 1 aliphatic carbocycles. The molecule has 0 saturated heterocycles. The maximum absolute atomic E-state index is 12.5. The summed E-state index contributed by atoms with van der Waals surface area (Å²) >= 11 is 0. The average Bonchev–Trinajstić information content (AvgIpc) is 2.46. The Hall–Kier alpha value is -1.64. The fourth-order valence-corrected chi connectivity index (χ4v) is 2.99. The minimum absolute atomic E-state index is 0.00703. The van der Waals surface area contributed by atoms with Crippen molar-refractivity contribution in [3.8, 4) is 0 Å². The molecule has 1 N–H and O–H groups in total. The van der Waals surface area contributed by atoms with Crippen molar-refractivity contribution in [1.82, 2.24) is 0 Å². The van der Waals surface area contributed by atoms with E-state index in [-0.39, 0.29) is 11.7 Å². The Morgan fingerprint density at radius 1 is 1.05 bits per heavy atom. The van der Waals surface area contributed by atoms with E-state index in [9.17, 15) is 14.7 Å². The molecule has 0 heterocycles. The van der Waals surface area contributed by atoms with Gasteiger partial charge in [0.15, 0.2) is 5.78 Å². The molecule has 20 heavy (non-hydrogen) atoms. The second-order valence-corrected chi connectivity index (χ2v) is 5.98. The van der Waals surface area contributed by atoms with Crippen LogP contribution in [0.2, 0.25) is 0 Å². The van der Waals surface area contributed by atoms with Gasteiger partial charge in [0.25, 0.3) is 0 Å². The van der Waals surface area contributed by atoms with Crippen LogP contribution < -0.4 is 0 Å². The van der Waals surface area contributed by atoms with Gasteiger partial charge < -0.3 is 5.11 Å². The number of aliphatic carboxylic acids is 1. The van der Waals surface area contributed by atoms with Gasteiger partial charge in [-0.1, -0.05) is 51.0 Å². The molecule has 0 aromatic heterocycles. The van der Waals surface area contributed by atoms with Gasteiger partial charge >= 0.3 is 5.97 Å². The van der Waals surface area contributed by atoms with Gasteiger partial charge in [0.05, 0.1) is 5.92 Å². The quantitative estimate of drug-likeness (QED) is 0.848. The maximum atomic E-state index is 12.5. The highest BCUT2D eigenvalue weighted by Gasteiger charge is 2.35. The molecule has 0 amide bonds. The number of hydrogen-bond acceptors (Lipinski definition) is 2. The molecule has 108 valence electrons. The van der Waals surface area contributed by atoms with Crippen molar-refractivity contribution in [1.29, 1.82) is 0 Å². The van der Waals surface area contributed by atoms with Crippen molar-refractivity contribution in [2.75, 3.05) is 0 Å². The molecule has 3 heteroatoms. The van der Waals surface area contributed by atoms with E-state index in [0.717, 1.165) is 12.8 Å². The third-order valence-corrected chi connectivity index (χ3v) is 4.28. The predicted molar refractivity (Wildman–Crippen MR) is 77.9 cm³/mol. The van der Waals surface area contributed by atoms with E-state index in [2.05, 4.69) is 13.8 Å². The number of benzene rings is 1. The van der Waals surface area contributed by atoms with Gasteiger partial charge in [0, 0.05) is 11.5 Å². The van der Waals surface area contributed by atoms with Gasteiger partial charge in [0.1, 0.15) is 0 Å². The first kappa shape index (κ1) is 14.8. The van der Waals surface area contributed by atoms with E-state index in [1.807, 2.05) is 24.3 Å². The van der Waals surface area contributed by atoms with Crippen LogP contribution in [-0.4, -0.2) is 16.9 Å². The Labute approximate surface area is 120 Å². The largest absolute Gasteiger partial charge is 0.481 e. The molecule has 3 nitrogen and oxygen atoms in total. The summed E-state index contributed by atoms with van der Waals surface area (Å²) in [6.07, 6.45) is 3.18. The van der Waals surface area contributed by atoms with E-state index in [1.165, 1.54) is 5.56 Å². The third-order valence-electron chi connectivity index (χ3n) is 4.28. The van der Waals surface area contributed by atoms with Crippen LogP contribution in [0.4, 0.5) is 0 Å². The number of carboxylic acids is 1. The van der Waals surface area contributed by atoms with E-state index in [0.29, 0.717) is 24.3 Å². The topological polar surface area (TPSA) is 54.4 Å². The standard InChI is InChI=1S/C17H22O3/c1-11(2)12-7-9-13(10-8-12)16(18)14-5-3-4-6-15(14)17(19)20/h7-11,14-15H,3-6H2,1-2H3,(H,19,20). The number of carbonyl (C=O) groups is 2. The van der Waals surface area contributed by atoms with E-state index >= 15 is 0 Å². The van der Waals surface area contributed by atoms with Crippen LogP contribution in [0.3, 0.4) is 0 Å². The van der Waals surface area contributed by atoms with Gasteiger partial charge in [0.2, 0.25) is 0 Å². The van der Waals surface area contributed by atoms with Gasteiger partial charge in [-0.15, -0.1) is 0 Å². The highest BCUT2D eigenvalue weighted by atomic mass is 16.4. The van der Waals surface area contributed by atoms with Crippen molar-refractivity contribution in [2.45, 2.75) is 45.4 Å². The molecule has 1 fully saturated rings. The molecule has 0 aliphatic heterocycles. The molecule has 0 bridgehead atoms. The third kappa shape index (κ3) is 3.09. The molecular weight excluding hydrogens is 252 g/mol. The van der Waals surface area contributed by atoms with Gasteiger partial charge in [-0.25, -0.2) is 0 Å². The van der Waals surface area contributed by atoms with Crippen LogP contribution in [0.15, 0.2) is 24.3 Å². The van der Waals surface area contributed by atoms with Gasteiger partial charge in [-0.3, -0.25) is 9.59 Å². The molecule has 0 radical (unpaired) electrons. The smallest absolute Gasteiger partial charge is 0.307 e. The summed E-state index contributed by atoms with van der Waals surface area (Å²) in [4.78, 5) is 23.8. The molecule has 2 unspecified atom stereocenters. The summed E-state index contributed by atoms with van der Waals surface area (Å²) in [7, 11) is 0. The number of Topliss-reactive ketones (excluding diaryl/α,β-unsaturated/α-hetero) is 1. The van der Waals surface area contributed by atoms with Crippen LogP contribution in [0.25, 0.3) is 0 Å². The minimum atomic E-state index is -0.832. The van der Waals surface area contributed by atoms with Crippen molar-refractivity contribution in [3.05, 3.63) is 35.4 Å². The minimum Gasteiger partial charge on any atom is -0.481 e. The molecule has 1 saturated carbocycles. The summed E-state index contributed by atoms with van der Waals surface area (Å²) in [5, 5.41) is 9.27. The van der Waals surface area contributed by atoms with Crippen LogP contribution in [-0.2, 0) is 4.79 Å². The first-order chi connectivity index (χ1) is 9.50. The number of ketones is 1. The van der Waals surface area contributed by atoms with Gasteiger partial charge in [-0.2, -0.15) is 0 Å². The second-order valence-electron chi connectivity index (χ2n) is 5.98. The summed E-state index contributed by atoms with van der Waals surface area (Å²) in [6, 6.07) is 7.61. The second kappa shape index (κ2) is 6.21. The maximum Gasteiger partial charge on any atom is 0.307 e. The Balaban J connectivity index is 2.18. The molecule has 2 atom stereocenters. The first-order valence-corrected chi connectivity index (χ1v) is 7.37. The monoisotopic (exact) mass is 274 g/mol. The predicted octanol–water partition coefficient (Wildman–Crippen LogP) is 3.88. The van der Waals surface area contributed by atoms with Crippen molar-refractivity contribution < 1.29 is 14.7 Å². The molecular formula is C17H22O3. The Morgan fingerprint density at radius 2 is 1.60 bits per heavy atom. The summed E-state index contributed by atoms with van der Waals surface area (Å²) in [5.74, 6) is -1.28. The molecule has 0 spiro atoms. The molecule has 1 aliphatic rings. The zero-order chi connectivity index (χ0) is 14.7. The lowest BCUT2D eigenvalue weighted by Gasteiger charge is -2.27. The first-order valence-electron chi connectivity index (χ1n) is 7.37. The molecule has 1 aromatic rings. The van der Waals surface area contributed by atoms with Gasteiger partial charge in [-0.05, 0) is 24.3 Å². The van der Waals surface area contributed by atoms with Crippen LogP contribution in [0.5, 0.6) is 0 Å². The highest BCUT2D eigenvalue weighted by molar-refractivity contribution is 6.00. The lowest BCUT2D eigenvalue weighted by atomic mass is 9.75. The summed E-state index contributed by atoms with van der Waals surface area (Å²) < 4.78 is 0.